The summed E-state index contributed by atoms with van der Waals surface area (Å²) in [5.41, 5.74) is 3.80. The van der Waals surface area contributed by atoms with Crippen LogP contribution in [-0.4, -0.2) is 10.1 Å². The van der Waals surface area contributed by atoms with Crippen molar-refractivity contribution in [2.45, 2.75) is 20.0 Å². The Morgan fingerprint density at radius 3 is 2.81 bits per heavy atom. The first-order chi connectivity index (χ1) is 7.76. The van der Waals surface area contributed by atoms with Gasteiger partial charge in [-0.2, -0.15) is 0 Å². The molecule has 0 radical (unpaired) electrons. The third kappa shape index (κ3) is 1.84. The molecule has 1 heterocycles. The fourth-order valence-corrected chi connectivity index (χ4v) is 1.73. The van der Waals surface area contributed by atoms with E-state index in [1.807, 2.05) is 30.3 Å². The molecule has 1 N–H and O–H groups in total. The van der Waals surface area contributed by atoms with Crippen molar-refractivity contribution in [1.29, 1.82) is 0 Å². The maximum Gasteiger partial charge on any atom is 0.0713 e. The molecule has 0 atom stereocenters. The minimum Gasteiger partial charge on any atom is -0.392 e. The Morgan fingerprint density at radius 2 is 2.12 bits per heavy atom. The van der Waals surface area contributed by atoms with Crippen molar-refractivity contribution >= 4 is 16.5 Å². The first-order valence-electron chi connectivity index (χ1n) is 5.44. The van der Waals surface area contributed by atoms with E-state index in [0.29, 0.717) is 0 Å². The van der Waals surface area contributed by atoms with Gasteiger partial charge in [-0.05, 0) is 29.7 Å². The summed E-state index contributed by atoms with van der Waals surface area (Å²) in [6.45, 7) is 6.10. The number of pyridine rings is 1. The monoisotopic (exact) mass is 213 g/mol. The molecule has 1 aromatic heterocycles. The van der Waals surface area contributed by atoms with Gasteiger partial charge in [-0.15, -0.1) is 0 Å². The second-order valence-electron chi connectivity index (χ2n) is 3.80. The predicted molar refractivity (Wildman–Crippen MR) is 67.0 cm³/mol. The Labute approximate surface area is 95.3 Å². The van der Waals surface area contributed by atoms with Crippen LogP contribution in [0.25, 0.3) is 16.5 Å². The number of rotatable bonds is 3. The largest absolute Gasteiger partial charge is 0.392 e. The van der Waals surface area contributed by atoms with Gasteiger partial charge in [0.05, 0.1) is 17.8 Å². The molecule has 0 aliphatic carbocycles. The normalized spacial score (nSPS) is 10.6. The third-order valence-corrected chi connectivity index (χ3v) is 2.78. The number of nitrogens with zero attached hydrogens (tertiary/aromatic N) is 1. The van der Waals surface area contributed by atoms with Crippen LogP contribution in [0.5, 0.6) is 0 Å². The van der Waals surface area contributed by atoms with Gasteiger partial charge in [-0.25, -0.2) is 4.98 Å². The summed E-state index contributed by atoms with van der Waals surface area (Å²) in [6.07, 6.45) is 0.901. The van der Waals surface area contributed by atoms with Crippen molar-refractivity contribution in [1.82, 2.24) is 4.98 Å². The second kappa shape index (κ2) is 4.45. The van der Waals surface area contributed by atoms with Crippen LogP contribution in [0.4, 0.5) is 0 Å². The van der Waals surface area contributed by atoms with Gasteiger partial charge < -0.3 is 5.11 Å². The summed E-state index contributed by atoms with van der Waals surface area (Å²) in [5, 5.41) is 10.2. The van der Waals surface area contributed by atoms with Crippen LogP contribution in [0, 0.1) is 0 Å². The SMILES string of the molecule is C=C(CC)c1ccc2c(CO)cccc2n1. The fraction of sp³-hybridized carbons (Fsp3) is 0.214. The highest BCUT2D eigenvalue weighted by molar-refractivity contribution is 5.83. The number of benzene rings is 1. The van der Waals surface area contributed by atoms with Gasteiger partial charge in [0.15, 0.2) is 0 Å². The van der Waals surface area contributed by atoms with E-state index in [9.17, 15) is 5.11 Å². The molecule has 2 aromatic rings. The lowest BCUT2D eigenvalue weighted by Crippen LogP contribution is -1.91. The highest BCUT2D eigenvalue weighted by atomic mass is 16.3. The standard InChI is InChI=1S/C14H15NO/c1-3-10(2)13-8-7-12-11(9-16)5-4-6-14(12)15-13/h4-8,16H,2-3,9H2,1H3. The van der Waals surface area contributed by atoms with Crippen molar-refractivity contribution in [2.75, 3.05) is 0 Å². The first-order valence-corrected chi connectivity index (χ1v) is 5.44. The summed E-state index contributed by atoms with van der Waals surface area (Å²) >= 11 is 0. The highest BCUT2D eigenvalue weighted by Crippen LogP contribution is 2.21. The van der Waals surface area contributed by atoms with Crippen molar-refractivity contribution < 1.29 is 5.11 Å². The van der Waals surface area contributed by atoms with Gasteiger partial charge in [0.2, 0.25) is 0 Å². The summed E-state index contributed by atoms with van der Waals surface area (Å²) in [4.78, 5) is 4.54. The van der Waals surface area contributed by atoms with E-state index in [2.05, 4.69) is 18.5 Å². The molecule has 0 aliphatic rings. The number of aromatic nitrogens is 1. The number of hydrogen-bond donors (Lipinski definition) is 1. The van der Waals surface area contributed by atoms with E-state index >= 15 is 0 Å². The van der Waals surface area contributed by atoms with Crippen molar-refractivity contribution in [2.24, 2.45) is 0 Å². The van der Waals surface area contributed by atoms with Gasteiger partial charge in [0.25, 0.3) is 0 Å². The van der Waals surface area contributed by atoms with Gasteiger partial charge in [-0.3, -0.25) is 0 Å². The van der Waals surface area contributed by atoms with Gasteiger partial charge in [0, 0.05) is 5.39 Å². The zero-order valence-corrected chi connectivity index (χ0v) is 9.40. The number of hydrogen-bond acceptors (Lipinski definition) is 2. The number of allylic oxidation sites excluding steroid dienone is 1. The molecule has 2 rings (SSSR count). The van der Waals surface area contributed by atoms with E-state index in [1.54, 1.807) is 0 Å². The topological polar surface area (TPSA) is 33.1 Å². The number of aliphatic hydroxyl groups is 1. The predicted octanol–water partition coefficient (Wildman–Crippen LogP) is 3.15. The average molecular weight is 213 g/mol. The minimum absolute atomic E-state index is 0.0487. The first kappa shape index (κ1) is 10.8. The summed E-state index contributed by atoms with van der Waals surface area (Å²) < 4.78 is 0. The molecule has 1 aromatic carbocycles. The smallest absolute Gasteiger partial charge is 0.0713 e. The van der Waals surface area contributed by atoms with E-state index < -0.39 is 0 Å². The molecule has 2 heteroatoms. The Morgan fingerprint density at radius 1 is 1.31 bits per heavy atom. The molecular formula is C14H15NO. The number of fused-ring (bicyclic) bond motifs is 1. The van der Waals surface area contributed by atoms with Crippen LogP contribution in [0.1, 0.15) is 24.6 Å². The van der Waals surface area contributed by atoms with Gasteiger partial charge in [0.1, 0.15) is 0 Å². The lowest BCUT2D eigenvalue weighted by atomic mass is 10.1. The molecule has 0 spiro atoms. The van der Waals surface area contributed by atoms with E-state index in [-0.39, 0.29) is 6.61 Å². The van der Waals surface area contributed by atoms with Crippen molar-refractivity contribution in [3.63, 3.8) is 0 Å². The van der Waals surface area contributed by atoms with E-state index in [1.165, 1.54) is 0 Å². The molecule has 16 heavy (non-hydrogen) atoms. The quantitative estimate of drug-likeness (QED) is 0.849. The Bertz CT molecular complexity index is 531. The van der Waals surface area contributed by atoms with Crippen LogP contribution >= 0.6 is 0 Å². The molecule has 0 amide bonds. The maximum atomic E-state index is 9.21. The summed E-state index contributed by atoms with van der Waals surface area (Å²) in [7, 11) is 0. The van der Waals surface area contributed by atoms with E-state index in [0.717, 1.165) is 34.2 Å². The number of aliphatic hydroxyl groups excluding tert-OH is 1. The van der Waals surface area contributed by atoms with Crippen LogP contribution in [0.15, 0.2) is 36.9 Å². The zero-order valence-electron chi connectivity index (χ0n) is 9.40. The molecular weight excluding hydrogens is 198 g/mol. The van der Waals surface area contributed by atoms with Crippen molar-refractivity contribution in [3.05, 3.63) is 48.2 Å². The molecule has 0 aliphatic heterocycles. The maximum absolute atomic E-state index is 9.21. The summed E-state index contributed by atoms with van der Waals surface area (Å²) in [5.74, 6) is 0. The van der Waals surface area contributed by atoms with Crippen molar-refractivity contribution in [3.8, 4) is 0 Å². The molecule has 0 saturated heterocycles. The molecule has 2 nitrogen and oxygen atoms in total. The average Bonchev–Trinajstić information content (AvgIpc) is 2.36. The molecule has 82 valence electrons. The lowest BCUT2D eigenvalue weighted by molar-refractivity contribution is 0.283. The third-order valence-electron chi connectivity index (χ3n) is 2.78. The van der Waals surface area contributed by atoms with E-state index in [4.69, 9.17) is 0 Å². The van der Waals surface area contributed by atoms with Gasteiger partial charge in [-0.1, -0.05) is 31.7 Å². The molecule has 0 bridgehead atoms. The van der Waals surface area contributed by atoms with Crippen LogP contribution in [0.2, 0.25) is 0 Å². The Balaban J connectivity index is 2.59. The van der Waals surface area contributed by atoms with Gasteiger partial charge >= 0.3 is 0 Å². The van der Waals surface area contributed by atoms with Crippen LogP contribution < -0.4 is 0 Å². The molecule has 0 fully saturated rings. The second-order valence-corrected chi connectivity index (χ2v) is 3.80. The molecule has 0 saturated carbocycles. The minimum atomic E-state index is 0.0487. The summed E-state index contributed by atoms with van der Waals surface area (Å²) in [6, 6.07) is 9.76. The Hall–Kier alpha value is -1.67. The Kier molecular flexibility index (Phi) is 3.02. The molecule has 0 unspecified atom stereocenters. The zero-order chi connectivity index (χ0) is 11.5. The van der Waals surface area contributed by atoms with Crippen LogP contribution in [0.3, 0.4) is 0 Å². The highest BCUT2D eigenvalue weighted by Gasteiger charge is 2.03. The van der Waals surface area contributed by atoms with Crippen LogP contribution in [-0.2, 0) is 6.61 Å². The lowest BCUT2D eigenvalue weighted by Gasteiger charge is -2.06. The fourth-order valence-electron chi connectivity index (χ4n) is 1.73.